The molecule has 2 spiro atoms. The van der Waals surface area contributed by atoms with Crippen LogP contribution < -0.4 is 4.90 Å². The molecule has 4 fully saturated rings. The van der Waals surface area contributed by atoms with Gasteiger partial charge in [0.1, 0.15) is 0 Å². The lowest BCUT2D eigenvalue weighted by atomic mass is 9.71. The smallest absolute Gasteiger partial charge is 0.426 e. The number of nitrogens with zero attached hydrogens (tertiary/aromatic N) is 4. The predicted octanol–water partition coefficient (Wildman–Crippen LogP) is 5.66. The Morgan fingerprint density at radius 2 is 1.49 bits per heavy atom. The highest BCUT2D eigenvalue weighted by Gasteiger charge is 2.60. The number of halogens is 9. The van der Waals surface area contributed by atoms with E-state index < -0.39 is 41.8 Å². The molecule has 4 aliphatic rings. The summed E-state index contributed by atoms with van der Waals surface area (Å²) >= 11 is 0. The van der Waals surface area contributed by atoms with Gasteiger partial charge in [-0.1, -0.05) is 6.07 Å². The zero-order valence-corrected chi connectivity index (χ0v) is 24.6. The van der Waals surface area contributed by atoms with E-state index in [0.717, 1.165) is 43.3 Å². The summed E-state index contributed by atoms with van der Waals surface area (Å²) in [6.45, 7) is 4.24. The van der Waals surface area contributed by atoms with Crippen molar-refractivity contribution in [1.29, 1.82) is 0 Å². The molecule has 45 heavy (non-hydrogen) atoms. The second kappa shape index (κ2) is 12.3. The molecule has 5 rings (SSSR count). The van der Waals surface area contributed by atoms with Gasteiger partial charge in [0.05, 0.1) is 12.2 Å². The van der Waals surface area contributed by atoms with Crippen LogP contribution in [0.25, 0.3) is 0 Å². The minimum absolute atomic E-state index is 0.00496. The van der Waals surface area contributed by atoms with Gasteiger partial charge < -0.3 is 24.5 Å². The third-order valence-electron chi connectivity index (χ3n) is 10.0. The topological polar surface area (TPSA) is 59.5 Å². The van der Waals surface area contributed by atoms with Crippen molar-refractivity contribution in [3.63, 3.8) is 0 Å². The summed E-state index contributed by atoms with van der Waals surface area (Å²) in [7, 11) is 0. The Balaban J connectivity index is 1.26. The van der Waals surface area contributed by atoms with Gasteiger partial charge in [0.15, 0.2) is 0 Å². The van der Waals surface area contributed by atoms with E-state index in [0.29, 0.717) is 50.4 Å². The van der Waals surface area contributed by atoms with Crippen molar-refractivity contribution in [2.75, 3.05) is 63.9 Å². The first kappa shape index (κ1) is 33.9. The largest absolute Gasteiger partial charge is 0.434 e. The van der Waals surface area contributed by atoms with Crippen molar-refractivity contribution in [3.05, 3.63) is 29.3 Å². The highest BCUT2D eigenvalue weighted by atomic mass is 19.4. The first-order valence-electron chi connectivity index (χ1n) is 15.1. The van der Waals surface area contributed by atoms with Crippen LogP contribution in [-0.4, -0.2) is 109 Å². The number of ether oxygens (including phenoxy) is 1. The summed E-state index contributed by atoms with van der Waals surface area (Å²) < 4.78 is 122. The number of carbonyl (C=O) groups excluding carboxylic acids is 1. The van der Waals surface area contributed by atoms with Crippen molar-refractivity contribution >= 4 is 11.8 Å². The molecule has 4 aliphatic heterocycles. The molecular weight excluding hydrogens is 623 g/mol. The second-order valence-electron chi connectivity index (χ2n) is 12.8. The highest BCUT2D eigenvalue weighted by molar-refractivity contribution is 5.68. The van der Waals surface area contributed by atoms with Crippen molar-refractivity contribution in [1.82, 2.24) is 14.7 Å². The van der Waals surface area contributed by atoms with E-state index in [-0.39, 0.29) is 38.0 Å². The molecule has 1 aromatic carbocycles. The predicted molar refractivity (Wildman–Crippen MR) is 144 cm³/mol. The number of piperidine rings is 2. The molecule has 0 bridgehead atoms. The van der Waals surface area contributed by atoms with Crippen LogP contribution in [0.2, 0.25) is 0 Å². The van der Waals surface area contributed by atoms with Gasteiger partial charge in [-0.2, -0.15) is 39.5 Å². The van der Waals surface area contributed by atoms with E-state index in [9.17, 15) is 49.4 Å². The maximum Gasteiger partial charge on any atom is 0.434 e. The quantitative estimate of drug-likeness (QED) is 0.398. The Morgan fingerprint density at radius 1 is 0.867 bits per heavy atom. The van der Waals surface area contributed by atoms with Crippen LogP contribution in [0.5, 0.6) is 0 Å². The minimum Gasteiger partial charge on any atom is -0.426 e. The maximum absolute atomic E-state index is 13.7. The molecule has 1 amide bonds. The number of hydrogen-bond acceptors (Lipinski definition) is 6. The Hall–Kier alpha value is -2.46. The van der Waals surface area contributed by atoms with Crippen LogP contribution in [0, 0.1) is 5.41 Å². The number of β-amino-alcohol motifs (C(OH)–C–C–N with tert-alkyl or cyclic N) is 1. The highest BCUT2D eigenvalue weighted by Crippen LogP contribution is 2.46. The molecule has 0 aromatic heterocycles. The number of carbonyl (C=O) groups is 1. The van der Waals surface area contributed by atoms with Gasteiger partial charge >= 0.3 is 24.6 Å². The first-order valence-corrected chi connectivity index (χ1v) is 15.1. The van der Waals surface area contributed by atoms with Crippen LogP contribution in [0.4, 0.5) is 50.0 Å². The number of alkyl halides is 9. The second-order valence-corrected chi connectivity index (χ2v) is 12.8. The Morgan fingerprint density at radius 3 is 2.04 bits per heavy atom. The summed E-state index contributed by atoms with van der Waals surface area (Å²) in [6, 6.07) is 3.73. The summed E-state index contributed by atoms with van der Waals surface area (Å²) in [5.41, 5.74) is -0.0391. The molecule has 7 nitrogen and oxygen atoms in total. The normalized spacial score (nSPS) is 22.8. The molecule has 0 atom stereocenters. The van der Waals surface area contributed by atoms with Gasteiger partial charge in [0, 0.05) is 55.9 Å². The molecule has 0 radical (unpaired) electrons. The molecule has 0 unspecified atom stereocenters. The zero-order valence-electron chi connectivity index (χ0n) is 24.6. The number of hydrogen-bond donors (Lipinski definition) is 1. The lowest BCUT2D eigenvalue weighted by Gasteiger charge is -2.55. The van der Waals surface area contributed by atoms with Gasteiger partial charge in [0.25, 0.3) is 6.10 Å². The zero-order chi connectivity index (χ0) is 32.8. The molecule has 0 saturated carbocycles. The van der Waals surface area contributed by atoms with Gasteiger partial charge in [0.2, 0.25) is 0 Å². The van der Waals surface area contributed by atoms with Gasteiger partial charge in [-0.25, -0.2) is 4.79 Å². The molecule has 0 aliphatic carbocycles. The Kier molecular flexibility index (Phi) is 9.25. The van der Waals surface area contributed by atoms with Crippen molar-refractivity contribution < 1.29 is 54.2 Å². The van der Waals surface area contributed by atoms with Crippen LogP contribution in [0.15, 0.2) is 18.2 Å². The standard InChI is InChI=1S/C29H37F9N4O3/c30-27(31,32)21-3-2-20(22(16-21)41-18-25(19-41)5-10-39(11-6-25)14-15-43)17-42-9-1-4-26(42)7-12-40(13-8-26)24(44)45-23(28(33,34)35)29(36,37)38/h2-3,16,23,43H,1,4-15,17-19H2. The molecule has 1 N–H and O–H groups in total. The van der Waals surface area contributed by atoms with Crippen LogP contribution >= 0.6 is 0 Å². The van der Waals surface area contributed by atoms with Crippen LogP contribution in [0.3, 0.4) is 0 Å². The summed E-state index contributed by atoms with van der Waals surface area (Å²) in [5, 5.41) is 9.22. The lowest BCUT2D eigenvalue weighted by molar-refractivity contribution is -0.308. The van der Waals surface area contributed by atoms with E-state index in [4.69, 9.17) is 0 Å². The fraction of sp³-hybridized carbons (Fsp3) is 0.759. The summed E-state index contributed by atoms with van der Waals surface area (Å²) in [5.74, 6) is 0. The fourth-order valence-corrected chi connectivity index (χ4v) is 7.42. The number of benzene rings is 1. The van der Waals surface area contributed by atoms with Gasteiger partial charge in [-0.05, 0) is 75.9 Å². The number of amides is 1. The first-order chi connectivity index (χ1) is 20.9. The van der Waals surface area contributed by atoms with Crippen molar-refractivity contribution in [3.8, 4) is 0 Å². The Labute approximate surface area is 254 Å². The minimum atomic E-state index is -5.81. The number of rotatable bonds is 6. The van der Waals surface area contributed by atoms with Gasteiger partial charge in [-0.3, -0.25) is 4.90 Å². The fourth-order valence-electron chi connectivity index (χ4n) is 7.42. The number of aliphatic hydroxyl groups excluding tert-OH is 1. The summed E-state index contributed by atoms with van der Waals surface area (Å²) in [6.07, 6.45) is -18.3. The SMILES string of the molecule is O=C(OC(C(F)(F)F)C(F)(F)F)N1CCC2(CCCN2Cc2ccc(C(F)(F)F)cc2N2CC3(CCN(CCO)CC3)C2)CC1. The number of anilines is 1. The third kappa shape index (κ3) is 7.27. The van der Waals surface area contributed by atoms with Crippen molar-refractivity contribution in [2.24, 2.45) is 5.41 Å². The van der Waals surface area contributed by atoms with E-state index in [2.05, 4.69) is 14.5 Å². The van der Waals surface area contributed by atoms with E-state index in [1.807, 2.05) is 4.90 Å². The molecule has 254 valence electrons. The van der Waals surface area contributed by atoms with Crippen molar-refractivity contribution in [2.45, 2.75) is 75.2 Å². The number of likely N-dealkylation sites (tertiary alicyclic amines) is 3. The third-order valence-corrected chi connectivity index (χ3v) is 10.0. The monoisotopic (exact) mass is 660 g/mol. The Bertz CT molecular complexity index is 1180. The van der Waals surface area contributed by atoms with Crippen LogP contribution in [0.1, 0.15) is 49.7 Å². The van der Waals surface area contributed by atoms with E-state index in [1.165, 1.54) is 12.1 Å². The maximum atomic E-state index is 13.7. The number of aliphatic hydroxyl groups is 1. The van der Waals surface area contributed by atoms with E-state index >= 15 is 0 Å². The average Bonchev–Trinajstić information content (AvgIpc) is 3.30. The lowest BCUT2D eigenvalue weighted by Crippen LogP contribution is -2.61. The molecule has 4 saturated heterocycles. The van der Waals surface area contributed by atoms with E-state index in [1.54, 1.807) is 0 Å². The molecule has 4 heterocycles. The van der Waals surface area contributed by atoms with Gasteiger partial charge in [-0.15, -0.1) is 0 Å². The average molecular weight is 661 g/mol. The summed E-state index contributed by atoms with van der Waals surface area (Å²) in [4.78, 5) is 19.4. The van der Waals surface area contributed by atoms with Crippen LogP contribution in [-0.2, 0) is 17.5 Å². The molecule has 1 aromatic rings. The molecule has 16 heteroatoms. The molecular formula is C29H37F9N4O3.